The summed E-state index contributed by atoms with van der Waals surface area (Å²) in [5, 5.41) is 14.1. The third-order valence-electron chi connectivity index (χ3n) is 2.38. The van der Waals surface area contributed by atoms with Crippen molar-refractivity contribution in [2.24, 2.45) is 0 Å². The molecule has 0 saturated carbocycles. The number of nitrogens with one attached hydrogen (secondary N) is 1. The maximum absolute atomic E-state index is 12.7. The van der Waals surface area contributed by atoms with Gasteiger partial charge < -0.3 is 0 Å². The Morgan fingerprint density at radius 1 is 1.29 bits per heavy atom. The highest BCUT2D eigenvalue weighted by Gasteiger charge is 2.10. The van der Waals surface area contributed by atoms with Crippen LogP contribution in [0.3, 0.4) is 0 Å². The molecule has 17 heavy (non-hydrogen) atoms. The molecule has 0 aliphatic carbocycles. The summed E-state index contributed by atoms with van der Waals surface area (Å²) in [5.74, 6) is -0.246. The Balaban J connectivity index is 1.97. The van der Waals surface area contributed by atoms with Crippen molar-refractivity contribution in [3.8, 4) is 6.07 Å². The van der Waals surface area contributed by atoms with Gasteiger partial charge in [0.1, 0.15) is 11.9 Å². The van der Waals surface area contributed by atoms with Gasteiger partial charge >= 0.3 is 0 Å². The molecule has 1 heterocycles. The molecule has 0 radical (unpaired) electrons. The Morgan fingerprint density at radius 2 is 2.06 bits per heavy atom. The highest BCUT2D eigenvalue weighted by Crippen LogP contribution is 2.18. The lowest BCUT2D eigenvalue weighted by atomic mass is 10.2. The number of hydrogen-bond acceptors (Lipinski definition) is 3. The van der Waals surface area contributed by atoms with Crippen LogP contribution in [0.4, 0.5) is 4.39 Å². The standard InChI is InChI=1S/C13H11FN2S/c14-11-5-3-10(4-6-11)9-16-12(8-15)13-2-1-7-17-13/h1-7,12,16H,9H2. The van der Waals surface area contributed by atoms with Gasteiger partial charge in [-0.15, -0.1) is 11.3 Å². The summed E-state index contributed by atoms with van der Waals surface area (Å²) in [7, 11) is 0. The SMILES string of the molecule is N#CC(NCc1ccc(F)cc1)c1cccs1. The van der Waals surface area contributed by atoms with Crippen molar-refractivity contribution in [2.75, 3.05) is 0 Å². The fraction of sp³-hybridized carbons (Fsp3) is 0.154. The van der Waals surface area contributed by atoms with Gasteiger partial charge in [0.25, 0.3) is 0 Å². The Labute approximate surface area is 103 Å². The van der Waals surface area contributed by atoms with Gasteiger partial charge in [0.15, 0.2) is 0 Å². The van der Waals surface area contributed by atoms with Crippen LogP contribution >= 0.6 is 11.3 Å². The minimum absolute atomic E-state index is 0.246. The molecule has 0 aliphatic rings. The molecular weight excluding hydrogens is 235 g/mol. The number of nitriles is 1. The Kier molecular flexibility index (Phi) is 3.86. The molecular formula is C13H11FN2S. The summed E-state index contributed by atoms with van der Waals surface area (Å²) in [4.78, 5) is 0.995. The van der Waals surface area contributed by atoms with Crippen molar-refractivity contribution < 1.29 is 4.39 Å². The zero-order valence-corrected chi connectivity index (χ0v) is 9.88. The van der Waals surface area contributed by atoms with Gasteiger partial charge in [-0.3, -0.25) is 5.32 Å². The second-order valence-electron chi connectivity index (χ2n) is 3.58. The van der Waals surface area contributed by atoms with Gasteiger partial charge in [0.05, 0.1) is 6.07 Å². The second kappa shape index (κ2) is 5.58. The van der Waals surface area contributed by atoms with Crippen LogP contribution in [0.25, 0.3) is 0 Å². The van der Waals surface area contributed by atoms with Crippen LogP contribution in [0, 0.1) is 17.1 Å². The van der Waals surface area contributed by atoms with Crippen LogP contribution in [0.15, 0.2) is 41.8 Å². The van der Waals surface area contributed by atoms with Gasteiger partial charge in [-0.2, -0.15) is 5.26 Å². The highest BCUT2D eigenvalue weighted by atomic mass is 32.1. The fourth-order valence-electron chi connectivity index (χ4n) is 1.49. The van der Waals surface area contributed by atoms with E-state index < -0.39 is 0 Å². The average molecular weight is 246 g/mol. The maximum Gasteiger partial charge on any atom is 0.130 e. The molecule has 0 aliphatic heterocycles. The molecule has 2 rings (SSSR count). The largest absolute Gasteiger partial charge is 0.293 e. The molecule has 0 bridgehead atoms. The number of thiophene rings is 1. The van der Waals surface area contributed by atoms with E-state index >= 15 is 0 Å². The zero-order valence-electron chi connectivity index (χ0n) is 9.06. The molecule has 0 amide bonds. The molecule has 1 atom stereocenters. The van der Waals surface area contributed by atoms with E-state index in [0.717, 1.165) is 10.4 Å². The summed E-state index contributed by atoms with van der Waals surface area (Å²) in [6, 6.07) is 12.0. The van der Waals surface area contributed by atoms with Crippen molar-refractivity contribution in [3.05, 3.63) is 58.0 Å². The molecule has 1 aromatic carbocycles. The van der Waals surface area contributed by atoms with Crippen LogP contribution in [0.1, 0.15) is 16.5 Å². The predicted molar refractivity (Wildman–Crippen MR) is 65.9 cm³/mol. The molecule has 0 saturated heterocycles. The number of halogens is 1. The van der Waals surface area contributed by atoms with Gasteiger partial charge in [0.2, 0.25) is 0 Å². The van der Waals surface area contributed by atoms with Gasteiger partial charge in [-0.25, -0.2) is 4.39 Å². The minimum Gasteiger partial charge on any atom is -0.293 e. The van der Waals surface area contributed by atoms with Crippen molar-refractivity contribution in [1.82, 2.24) is 5.32 Å². The van der Waals surface area contributed by atoms with Crippen molar-refractivity contribution in [2.45, 2.75) is 12.6 Å². The first kappa shape index (κ1) is 11.8. The highest BCUT2D eigenvalue weighted by molar-refractivity contribution is 7.10. The molecule has 0 fully saturated rings. The second-order valence-corrected chi connectivity index (χ2v) is 4.56. The summed E-state index contributed by atoms with van der Waals surface area (Å²) in [5.41, 5.74) is 0.961. The summed E-state index contributed by atoms with van der Waals surface area (Å²) in [6.07, 6.45) is 0. The Hall–Kier alpha value is -1.70. The van der Waals surface area contributed by atoms with Crippen LogP contribution < -0.4 is 5.32 Å². The molecule has 1 aromatic heterocycles. The van der Waals surface area contributed by atoms with Crippen molar-refractivity contribution in [3.63, 3.8) is 0 Å². The Morgan fingerprint density at radius 3 is 2.65 bits per heavy atom. The predicted octanol–water partition coefficient (Wildman–Crippen LogP) is 3.24. The lowest BCUT2D eigenvalue weighted by Crippen LogP contribution is -2.18. The lowest BCUT2D eigenvalue weighted by molar-refractivity contribution is 0.619. The number of nitrogens with zero attached hydrogens (tertiary/aromatic N) is 1. The summed E-state index contributed by atoms with van der Waals surface area (Å²) in [6.45, 7) is 0.552. The smallest absolute Gasteiger partial charge is 0.130 e. The van der Waals surface area contributed by atoms with Gasteiger partial charge in [0, 0.05) is 11.4 Å². The van der Waals surface area contributed by atoms with E-state index in [1.165, 1.54) is 12.1 Å². The molecule has 0 spiro atoms. The van der Waals surface area contributed by atoms with Gasteiger partial charge in [-0.1, -0.05) is 18.2 Å². The first-order valence-corrected chi connectivity index (χ1v) is 6.08. The molecule has 1 unspecified atom stereocenters. The van der Waals surface area contributed by atoms with E-state index in [2.05, 4.69) is 11.4 Å². The number of benzene rings is 1. The summed E-state index contributed by atoms with van der Waals surface area (Å²) >= 11 is 1.55. The maximum atomic E-state index is 12.7. The van der Waals surface area contributed by atoms with Crippen LogP contribution in [-0.2, 0) is 6.54 Å². The van der Waals surface area contributed by atoms with Crippen molar-refractivity contribution in [1.29, 1.82) is 5.26 Å². The molecule has 86 valence electrons. The summed E-state index contributed by atoms with van der Waals surface area (Å²) < 4.78 is 12.7. The van der Waals surface area contributed by atoms with Crippen LogP contribution in [-0.4, -0.2) is 0 Å². The molecule has 1 N–H and O–H groups in total. The monoisotopic (exact) mass is 246 g/mol. The molecule has 2 aromatic rings. The van der Waals surface area contributed by atoms with E-state index in [1.807, 2.05) is 17.5 Å². The minimum atomic E-state index is -0.306. The zero-order chi connectivity index (χ0) is 12.1. The van der Waals surface area contributed by atoms with E-state index in [0.29, 0.717) is 6.54 Å². The van der Waals surface area contributed by atoms with Crippen LogP contribution in [0.5, 0.6) is 0 Å². The van der Waals surface area contributed by atoms with E-state index in [1.54, 1.807) is 23.5 Å². The number of rotatable bonds is 4. The number of hydrogen-bond donors (Lipinski definition) is 1. The van der Waals surface area contributed by atoms with E-state index in [-0.39, 0.29) is 11.9 Å². The normalized spacial score (nSPS) is 12.0. The molecule has 2 nitrogen and oxygen atoms in total. The van der Waals surface area contributed by atoms with Crippen molar-refractivity contribution >= 4 is 11.3 Å². The first-order valence-electron chi connectivity index (χ1n) is 5.20. The van der Waals surface area contributed by atoms with E-state index in [9.17, 15) is 4.39 Å². The third kappa shape index (κ3) is 3.13. The average Bonchev–Trinajstić information content (AvgIpc) is 2.86. The molecule has 4 heteroatoms. The quantitative estimate of drug-likeness (QED) is 0.899. The fourth-order valence-corrected chi connectivity index (χ4v) is 2.23. The van der Waals surface area contributed by atoms with E-state index in [4.69, 9.17) is 5.26 Å². The topological polar surface area (TPSA) is 35.8 Å². The first-order chi connectivity index (χ1) is 8.29. The Bertz CT molecular complexity index is 499. The van der Waals surface area contributed by atoms with Crippen LogP contribution in [0.2, 0.25) is 0 Å². The third-order valence-corrected chi connectivity index (χ3v) is 3.32. The lowest BCUT2D eigenvalue weighted by Gasteiger charge is -2.09. The van der Waals surface area contributed by atoms with Gasteiger partial charge in [-0.05, 0) is 29.1 Å².